The van der Waals surface area contributed by atoms with Crippen molar-refractivity contribution in [1.82, 2.24) is 4.98 Å². The molecule has 1 rings (SSSR count). The standard InChI is InChI=1S/C8H7BrN2/c1-6-5-11-8(9)4-7(6)2-3-10/h4-5H,2H2,1H3. The van der Waals surface area contributed by atoms with Gasteiger partial charge in [-0.15, -0.1) is 0 Å². The molecule has 0 unspecified atom stereocenters. The molecule has 0 radical (unpaired) electrons. The van der Waals surface area contributed by atoms with Crippen molar-refractivity contribution in [2.45, 2.75) is 13.3 Å². The minimum atomic E-state index is 0.451. The van der Waals surface area contributed by atoms with Crippen LogP contribution in [0.1, 0.15) is 11.1 Å². The van der Waals surface area contributed by atoms with Crippen LogP contribution < -0.4 is 0 Å². The molecule has 0 bridgehead atoms. The van der Waals surface area contributed by atoms with E-state index in [-0.39, 0.29) is 0 Å². The van der Waals surface area contributed by atoms with Gasteiger partial charge in [0.2, 0.25) is 0 Å². The zero-order valence-corrected chi connectivity index (χ0v) is 7.72. The molecule has 1 aromatic heterocycles. The second-order valence-electron chi connectivity index (χ2n) is 2.27. The Hall–Kier alpha value is -0.880. The van der Waals surface area contributed by atoms with Gasteiger partial charge in [-0.3, -0.25) is 0 Å². The van der Waals surface area contributed by atoms with Crippen molar-refractivity contribution < 1.29 is 0 Å². The highest BCUT2D eigenvalue weighted by molar-refractivity contribution is 9.10. The summed E-state index contributed by atoms with van der Waals surface area (Å²) in [5.74, 6) is 0. The number of aromatic nitrogens is 1. The van der Waals surface area contributed by atoms with E-state index >= 15 is 0 Å². The molecule has 0 spiro atoms. The van der Waals surface area contributed by atoms with Gasteiger partial charge in [-0.05, 0) is 40.0 Å². The van der Waals surface area contributed by atoms with Gasteiger partial charge < -0.3 is 0 Å². The van der Waals surface area contributed by atoms with Crippen molar-refractivity contribution in [3.8, 4) is 6.07 Å². The fourth-order valence-corrected chi connectivity index (χ4v) is 1.19. The van der Waals surface area contributed by atoms with Gasteiger partial charge in [0.25, 0.3) is 0 Å². The molecule has 0 atom stereocenters. The Labute approximate surface area is 74.0 Å². The lowest BCUT2D eigenvalue weighted by molar-refractivity contribution is 1.14. The van der Waals surface area contributed by atoms with Crippen molar-refractivity contribution in [2.24, 2.45) is 0 Å². The smallest absolute Gasteiger partial charge is 0.106 e. The molecule has 0 fully saturated rings. The number of nitrogens with zero attached hydrogens (tertiary/aromatic N) is 2. The van der Waals surface area contributed by atoms with Crippen LogP contribution in [0.15, 0.2) is 16.9 Å². The second kappa shape index (κ2) is 3.49. The summed E-state index contributed by atoms with van der Waals surface area (Å²) in [7, 11) is 0. The summed E-state index contributed by atoms with van der Waals surface area (Å²) in [5, 5.41) is 8.45. The Morgan fingerprint density at radius 1 is 1.73 bits per heavy atom. The minimum absolute atomic E-state index is 0.451. The van der Waals surface area contributed by atoms with Crippen LogP contribution in [0, 0.1) is 18.3 Å². The average molecular weight is 211 g/mol. The fourth-order valence-electron chi connectivity index (χ4n) is 0.812. The van der Waals surface area contributed by atoms with Crippen LogP contribution >= 0.6 is 15.9 Å². The molecule has 0 aliphatic carbocycles. The highest BCUT2D eigenvalue weighted by Gasteiger charge is 1.98. The highest BCUT2D eigenvalue weighted by atomic mass is 79.9. The van der Waals surface area contributed by atoms with Crippen molar-refractivity contribution in [3.05, 3.63) is 28.0 Å². The molecule has 1 aromatic rings. The Bertz CT molecular complexity index is 301. The summed E-state index contributed by atoms with van der Waals surface area (Å²) in [5.41, 5.74) is 2.10. The highest BCUT2D eigenvalue weighted by Crippen LogP contribution is 2.12. The summed E-state index contributed by atoms with van der Waals surface area (Å²) < 4.78 is 0.786. The van der Waals surface area contributed by atoms with E-state index in [9.17, 15) is 0 Å². The van der Waals surface area contributed by atoms with Gasteiger partial charge in [-0.1, -0.05) is 0 Å². The molecule has 1 heterocycles. The van der Waals surface area contributed by atoms with E-state index in [4.69, 9.17) is 5.26 Å². The zero-order valence-electron chi connectivity index (χ0n) is 6.13. The summed E-state index contributed by atoms with van der Waals surface area (Å²) in [4.78, 5) is 4.03. The van der Waals surface area contributed by atoms with E-state index in [1.54, 1.807) is 6.20 Å². The Kier molecular flexibility index (Phi) is 2.61. The van der Waals surface area contributed by atoms with Crippen LogP contribution in [0.3, 0.4) is 0 Å². The summed E-state index contributed by atoms with van der Waals surface area (Å²) >= 11 is 3.25. The largest absolute Gasteiger partial charge is 0.249 e. The molecule has 0 amide bonds. The summed E-state index contributed by atoms with van der Waals surface area (Å²) in [6.07, 6.45) is 2.21. The average Bonchev–Trinajstić information content (AvgIpc) is 1.98. The van der Waals surface area contributed by atoms with Crippen LogP contribution in [-0.4, -0.2) is 4.98 Å². The van der Waals surface area contributed by atoms with Gasteiger partial charge in [0, 0.05) is 6.20 Å². The first-order chi connectivity index (χ1) is 5.24. The van der Waals surface area contributed by atoms with Crippen molar-refractivity contribution in [3.63, 3.8) is 0 Å². The lowest BCUT2D eigenvalue weighted by Crippen LogP contribution is -1.88. The number of hydrogen-bond acceptors (Lipinski definition) is 2. The van der Waals surface area contributed by atoms with Crippen LogP contribution in [0.25, 0.3) is 0 Å². The maximum Gasteiger partial charge on any atom is 0.106 e. The SMILES string of the molecule is Cc1cnc(Br)cc1CC#N. The molecule has 0 saturated carbocycles. The Morgan fingerprint density at radius 3 is 3.09 bits per heavy atom. The molecule has 2 nitrogen and oxygen atoms in total. The molecular weight excluding hydrogens is 204 g/mol. The topological polar surface area (TPSA) is 36.7 Å². The van der Waals surface area contributed by atoms with E-state index in [0.717, 1.165) is 15.7 Å². The molecule has 3 heteroatoms. The molecule has 56 valence electrons. The normalized spacial score (nSPS) is 9.18. The maximum absolute atomic E-state index is 8.45. The summed E-state index contributed by atoms with van der Waals surface area (Å²) in [6, 6.07) is 3.98. The number of nitriles is 1. The first-order valence-electron chi connectivity index (χ1n) is 3.22. The molecule has 0 aromatic carbocycles. The molecule has 11 heavy (non-hydrogen) atoms. The number of hydrogen-bond donors (Lipinski definition) is 0. The van der Waals surface area contributed by atoms with Gasteiger partial charge in [-0.2, -0.15) is 5.26 Å². The van der Waals surface area contributed by atoms with E-state index < -0.39 is 0 Å². The van der Waals surface area contributed by atoms with E-state index in [0.29, 0.717) is 6.42 Å². The minimum Gasteiger partial charge on any atom is -0.249 e. The molecule has 0 aliphatic heterocycles. The lowest BCUT2D eigenvalue weighted by Gasteiger charge is -1.99. The van der Waals surface area contributed by atoms with Crippen molar-refractivity contribution >= 4 is 15.9 Å². The number of pyridine rings is 1. The van der Waals surface area contributed by atoms with E-state index in [2.05, 4.69) is 27.0 Å². The third-order valence-corrected chi connectivity index (χ3v) is 1.88. The van der Waals surface area contributed by atoms with E-state index in [1.807, 2.05) is 13.0 Å². The molecule has 0 aliphatic rings. The van der Waals surface area contributed by atoms with Crippen LogP contribution in [0.5, 0.6) is 0 Å². The predicted molar refractivity (Wildman–Crippen MR) is 46.0 cm³/mol. The number of aryl methyl sites for hydroxylation is 1. The van der Waals surface area contributed by atoms with Crippen molar-refractivity contribution in [1.29, 1.82) is 5.26 Å². The van der Waals surface area contributed by atoms with Gasteiger partial charge in [-0.25, -0.2) is 4.98 Å². The third-order valence-electron chi connectivity index (χ3n) is 1.45. The molecular formula is C8H7BrN2. The molecule has 0 N–H and O–H groups in total. The zero-order chi connectivity index (χ0) is 8.27. The van der Waals surface area contributed by atoms with E-state index in [1.165, 1.54) is 0 Å². The molecule has 0 saturated heterocycles. The van der Waals surface area contributed by atoms with Crippen LogP contribution in [0.4, 0.5) is 0 Å². The monoisotopic (exact) mass is 210 g/mol. The first kappa shape index (κ1) is 8.22. The third kappa shape index (κ3) is 2.02. The fraction of sp³-hybridized carbons (Fsp3) is 0.250. The van der Waals surface area contributed by atoms with Gasteiger partial charge >= 0.3 is 0 Å². The number of rotatable bonds is 1. The van der Waals surface area contributed by atoms with Gasteiger partial charge in [0.1, 0.15) is 4.60 Å². The summed E-state index contributed by atoms with van der Waals surface area (Å²) in [6.45, 7) is 1.95. The van der Waals surface area contributed by atoms with Gasteiger partial charge in [0.05, 0.1) is 12.5 Å². The Balaban J connectivity index is 3.05. The number of halogens is 1. The first-order valence-corrected chi connectivity index (χ1v) is 4.01. The van der Waals surface area contributed by atoms with Crippen molar-refractivity contribution in [2.75, 3.05) is 0 Å². The maximum atomic E-state index is 8.45. The van der Waals surface area contributed by atoms with Crippen LogP contribution in [0.2, 0.25) is 0 Å². The van der Waals surface area contributed by atoms with Gasteiger partial charge in [0.15, 0.2) is 0 Å². The van der Waals surface area contributed by atoms with Crippen LogP contribution in [-0.2, 0) is 6.42 Å². The predicted octanol–water partition coefficient (Wildman–Crippen LogP) is 2.22. The Morgan fingerprint density at radius 2 is 2.45 bits per heavy atom. The lowest BCUT2D eigenvalue weighted by atomic mass is 10.1. The quantitative estimate of drug-likeness (QED) is 0.667. The second-order valence-corrected chi connectivity index (χ2v) is 3.08.